The van der Waals surface area contributed by atoms with Crippen LogP contribution in [0.4, 0.5) is 0 Å². The largest absolute Gasteiger partial charge is 0.306 e. The first-order chi connectivity index (χ1) is 9.67. The third-order valence-corrected chi connectivity index (χ3v) is 5.20. The van der Waals surface area contributed by atoms with Gasteiger partial charge >= 0.3 is 0 Å². The summed E-state index contributed by atoms with van der Waals surface area (Å²) in [6, 6.07) is 9.05. The van der Waals surface area contributed by atoms with Crippen molar-refractivity contribution in [3.63, 3.8) is 0 Å². The van der Waals surface area contributed by atoms with Crippen molar-refractivity contribution < 1.29 is 0 Å². The zero-order valence-electron chi connectivity index (χ0n) is 12.4. The molecule has 0 saturated heterocycles. The number of benzene rings is 1. The molecule has 0 aliphatic carbocycles. The van der Waals surface area contributed by atoms with E-state index in [-0.39, 0.29) is 6.04 Å². The number of aryl methyl sites for hydroxylation is 2. The maximum atomic E-state index is 6.46. The number of hydrogen-bond acceptors (Lipinski definition) is 2. The fourth-order valence-corrected chi connectivity index (χ4v) is 3.83. The van der Waals surface area contributed by atoms with Crippen molar-refractivity contribution in [1.82, 2.24) is 5.32 Å². The Morgan fingerprint density at radius 3 is 2.70 bits per heavy atom. The Labute approximate surface area is 131 Å². The number of rotatable bonds is 6. The van der Waals surface area contributed by atoms with Gasteiger partial charge in [-0.15, -0.1) is 11.3 Å². The quantitative estimate of drug-likeness (QED) is 0.757. The summed E-state index contributed by atoms with van der Waals surface area (Å²) in [7, 11) is 0. The van der Waals surface area contributed by atoms with E-state index in [0.29, 0.717) is 0 Å². The van der Waals surface area contributed by atoms with E-state index in [0.717, 1.165) is 18.0 Å². The molecule has 108 valence electrons. The Hall–Kier alpha value is -0.830. The Morgan fingerprint density at radius 1 is 1.30 bits per heavy atom. The second kappa shape index (κ2) is 7.26. The Morgan fingerprint density at radius 2 is 2.10 bits per heavy atom. The van der Waals surface area contributed by atoms with Crippen LogP contribution in [0.2, 0.25) is 5.02 Å². The van der Waals surface area contributed by atoms with Gasteiger partial charge in [0.15, 0.2) is 0 Å². The average Bonchev–Trinajstić information content (AvgIpc) is 2.77. The van der Waals surface area contributed by atoms with E-state index in [9.17, 15) is 0 Å². The van der Waals surface area contributed by atoms with E-state index in [1.54, 1.807) is 11.3 Å². The molecular formula is C17H22ClNS. The molecule has 0 amide bonds. The van der Waals surface area contributed by atoms with E-state index in [2.05, 4.69) is 55.7 Å². The maximum Gasteiger partial charge on any atom is 0.0686 e. The highest BCUT2D eigenvalue weighted by molar-refractivity contribution is 7.10. The highest BCUT2D eigenvalue weighted by Gasteiger charge is 2.19. The number of nitrogens with one attached hydrogen (secondary N) is 1. The van der Waals surface area contributed by atoms with Crippen LogP contribution in [-0.2, 0) is 6.42 Å². The molecule has 0 fully saturated rings. The van der Waals surface area contributed by atoms with Crippen LogP contribution in [-0.4, -0.2) is 6.54 Å². The normalized spacial score (nSPS) is 12.6. The standard InChI is InChI=1S/C17H22ClNS/c1-4-7-13-8-6-9-14(10-13)16(19-5-2)17-15(18)12(3)11-20-17/h6,8-11,16,19H,4-5,7H2,1-3H3. The van der Waals surface area contributed by atoms with E-state index in [4.69, 9.17) is 11.6 Å². The minimum atomic E-state index is 0.197. The van der Waals surface area contributed by atoms with E-state index in [1.165, 1.54) is 28.0 Å². The zero-order valence-corrected chi connectivity index (χ0v) is 13.9. The van der Waals surface area contributed by atoms with Crippen LogP contribution >= 0.6 is 22.9 Å². The molecule has 1 heterocycles. The van der Waals surface area contributed by atoms with Crippen LogP contribution in [0.1, 0.15) is 47.9 Å². The van der Waals surface area contributed by atoms with Gasteiger partial charge in [0.25, 0.3) is 0 Å². The van der Waals surface area contributed by atoms with E-state index in [1.807, 2.05) is 0 Å². The lowest BCUT2D eigenvalue weighted by molar-refractivity contribution is 0.638. The lowest BCUT2D eigenvalue weighted by Gasteiger charge is -2.18. The van der Waals surface area contributed by atoms with Gasteiger partial charge in [0.05, 0.1) is 11.1 Å². The first-order valence-corrected chi connectivity index (χ1v) is 8.48. The molecule has 1 unspecified atom stereocenters. The van der Waals surface area contributed by atoms with Gasteiger partial charge in [0.2, 0.25) is 0 Å². The van der Waals surface area contributed by atoms with Crippen molar-refractivity contribution >= 4 is 22.9 Å². The van der Waals surface area contributed by atoms with Gasteiger partial charge in [-0.3, -0.25) is 0 Å². The molecule has 2 rings (SSSR count). The van der Waals surface area contributed by atoms with Gasteiger partial charge in [-0.1, -0.05) is 56.1 Å². The molecule has 1 nitrogen and oxygen atoms in total. The minimum Gasteiger partial charge on any atom is -0.306 e. The molecule has 1 aromatic heterocycles. The third-order valence-electron chi connectivity index (χ3n) is 3.42. The molecule has 3 heteroatoms. The summed E-state index contributed by atoms with van der Waals surface area (Å²) in [6.07, 6.45) is 2.30. The summed E-state index contributed by atoms with van der Waals surface area (Å²) in [5, 5.41) is 6.61. The van der Waals surface area contributed by atoms with Crippen molar-refractivity contribution in [3.8, 4) is 0 Å². The smallest absolute Gasteiger partial charge is 0.0686 e. The molecule has 0 aliphatic rings. The highest BCUT2D eigenvalue weighted by atomic mass is 35.5. The topological polar surface area (TPSA) is 12.0 Å². The predicted molar refractivity (Wildman–Crippen MR) is 90.0 cm³/mol. The van der Waals surface area contributed by atoms with Crippen molar-refractivity contribution in [2.24, 2.45) is 0 Å². The summed E-state index contributed by atoms with van der Waals surface area (Å²) >= 11 is 8.20. The molecule has 2 aromatic rings. The maximum absolute atomic E-state index is 6.46. The molecule has 1 aromatic carbocycles. The SMILES string of the molecule is CCCc1cccc(C(NCC)c2scc(C)c2Cl)c1. The zero-order chi connectivity index (χ0) is 14.5. The second-order valence-electron chi connectivity index (χ2n) is 5.08. The first-order valence-electron chi connectivity index (χ1n) is 7.23. The van der Waals surface area contributed by atoms with E-state index < -0.39 is 0 Å². The molecule has 0 saturated carbocycles. The molecule has 0 radical (unpaired) electrons. The lowest BCUT2D eigenvalue weighted by atomic mass is 10.00. The second-order valence-corrected chi connectivity index (χ2v) is 6.37. The van der Waals surface area contributed by atoms with Crippen molar-refractivity contribution in [1.29, 1.82) is 0 Å². The van der Waals surface area contributed by atoms with Gasteiger partial charge in [-0.05, 0) is 42.0 Å². The van der Waals surface area contributed by atoms with Crippen LogP contribution in [0, 0.1) is 6.92 Å². The summed E-state index contributed by atoms with van der Waals surface area (Å²) in [5.74, 6) is 0. The van der Waals surface area contributed by atoms with Gasteiger partial charge < -0.3 is 5.32 Å². The monoisotopic (exact) mass is 307 g/mol. The van der Waals surface area contributed by atoms with Crippen LogP contribution in [0.3, 0.4) is 0 Å². The Balaban J connectivity index is 2.37. The summed E-state index contributed by atoms with van der Waals surface area (Å²) in [5.41, 5.74) is 3.87. The van der Waals surface area contributed by atoms with Crippen LogP contribution in [0.15, 0.2) is 29.6 Å². The van der Waals surface area contributed by atoms with Crippen molar-refractivity contribution in [2.45, 2.75) is 39.7 Å². The van der Waals surface area contributed by atoms with Gasteiger partial charge in [0.1, 0.15) is 0 Å². The minimum absolute atomic E-state index is 0.197. The van der Waals surface area contributed by atoms with Gasteiger partial charge in [-0.25, -0.2) is 0 Å². The molecule has 1 atom stereocenters. The molecule has 20 heavy (non-hydrogen) atoms. The summed E-state index contributed by atoms with van der Waals surface area (Å²) in [4.78, 5) is 1.22. The highest BCUT2D eigenvalue weighted by Crippen LogP contribution is 2.35. The van der Waals surface area contributed by atoms with Crippen LogP contribution in [0.25, 0.3) is 0 Å². The summed E-state index contributed by atoms with van der Waals surface area (Å²) in [6.45, 7) is 7.35. The first kappa shape index (κ1) is 15.6. The molecule has 0 spiro atoms. The molecule has 0 aliphatic heterocycles. The fourth-order valence-electron chi connectivity index (χ4n) is 2.43. The Kier molecular flexibility index (Phi) is 5.64. The van der Waals surface area contributed by atoms with Gasteiger partial charge in [0, 0.05) is 4.88 Å². The number of thiophene rings is 1. The predicted octanol–water partition coefficient (Wildman–Crippen LogP) is 5.36. The van der Waals surface area contributed by atoms with E-state index >= 15 is 0 Å². The Bertz CT molecular complexity index is 562. The number of hydrogen-bond donors (Lipinski definition) is 1. The summed E-state index contributed by atoms with van der Waals surface area (Å²) < 4.78 is 0. The van der Waals surface area contributed by atoms with Crippen LogP contribution in [0.5, 0.6) is 0 Å². The van der Waals surface area contributed by atoms with Crippen molar-refractivity contribution in [2.75, 3.05) is 6.54 Å². The van der Waals surface area contributed by atoms with Gasteiger partial charge in [-0.2, -0.15) is 0 Å². The average molecular weight is 308 g/mol. The fraction of sp³-hybridized carbons (Fsp3) is 0.412. The molecular weight excluding hydrogens is 286 g/mol. The molecule has 1 N–H and O–H groups in total. The third kappa shape index (κ3) is 3.43. The van der Waals surface area contributed by atoms with Crippen molar-refractivity contribution in [3.05, 3.63) is 56.2 Å². The number of halogens is 1. The molecule has 0 bridgehead atoms. The lowest BCUT2D eigenvalue weighted by Crippen LogP contribution is -2.21. The van der Waals surface area contributed by atoms with Crippen LogP contribution < -0.4 is 5.32 Å².